The van der Waals surface area contributed by atoms with E-state index in [0.717, 1.165) is 10.9 Å². The van der Waals surface area contributed by atoms with Gasteiger partial charge < -0.3 is 14.8 Å². The van der Waals surface area contributed by atoms with Gasteiger partial charge in [0.1, 0.15) is 0 Å². The third-order valence-electron chi connectivity index (χ3n) is 3.95. The van der Waals surface area contributed by atoms with Gasteiger partial charge in [-0.15, -0.1) is 0 Å². The minimum atomic E-state index is -0.290. The maximum Gasteiger partial charge on any atom is 0.255 e. The van der Waals surface area contributed by atoms with Crippen molar-refractivity contribution in [2.75, 3.05) is 6.54 Å². The lowest BCUT2D eigenvalue weighted by Crippen LogP contribution is -2.24. The quantitative estimate of drug-likeness (QED) is 0.676. The number of nitrogens with zero attached hydrogens (tertiary/aromatic N) is 2. The third kappa shape index (κ3) is 4.69. The van der Waals surface area contributed by atoms with Crippen molar-refractivity contribution in [2.45, 2.75) is 32.6 Å². The highest BCUT2D eigenvalue weighted by molar-refractivity contribution is 5.92. The molecule has 0 aliphatic rings. The number of fused-ring (bicyclic) bond motifs is 1. The Hall–Kier alpha value is -3.22. The largest absolute Gasteiger partial charge is 0.352 e. The van der Waals surface area contributed by atoms with Crippen LogP contribution in [0.5, 0.6) is 0 Å². The molecule has 7 heteroatoms. The zero-order chi connectivity index (χ0) is 19.4. The van der Waals surface area contributed by atoms with Crippen LogP contribution in [0.4, 0.5) is 0 Å². The van der Waals surface area contributed by atoms with Gasteiger partial charge in [-0.2, -0.15) is 4.98 Å². The molecule has 0 aliphatic heterocycles. The Labute approximate surface area is 156 Å². The number of para-hydroxylation sites is 1. The van der Waals surface area contributed by atoms with Crippen molar-refractivity contribution in [1.82, 2.24) is 20.4 Å². The van der Waals surface area contributed by atoms with Crippen molar-refractivity contribution in [1.29, 1.82) is 0 Å². The molecule has 0 bridgehead atoms. The van der Waals surface area contributed by atoms with E-state index in [0.29, 0.717) is 30.2 Å². The zero-order valence-corrected chi connectivity index (χ0v) is 15.6. The fourth-order valence-corrected chi connectivity index (χ4v) is 2.47. The summed E-state index contributed by atoms with van der Waals surface area (Å²) in [6, 6.07) is 9.24. The Kier molecular flexibility index (Phi) is 5.21. The topological polar surface area (TPSA) is 101 Å². The van der Waals surface area contributed by atoms with Crippen molar-refractivity contribution in [3.8, 4) is 0 Å². The number of hydrogen-bond donors (Lipinski definition) is 2. The van der Waals surface area contributed by atoms with E-state index in [1.165, 1.54) is 12.2 Å². The van der Waals surface area contributed by atoms with Crippen LogP contribution in [0.1, 0.15) is 38.0 Å². The molecular weight excluding hydrogens is 344 g/mol. The van der Waals surface area contributed by atoms with Crippen LogP contribution in [0.3, 0.4) is 0 Å². The summed E-state index contributed by atoms with van der Waals surface area (Å²) >= 11 is 0. The molecule has 1 aromatic carbocycles. The van der Waals surface area contributed by atoms with Crippen LogP contribution in [-0.4, -0.2) is 27.6 Å². The Balaban J connectivity index is 1.57. The number of H-pyrrole nitrogens is 1. The average Bonchev–Trinajstić information content (AvgIpc) is 3.09. The second kappa shape index (κ2) is 7.57. The van der Waals surface area contributed by atoms with E-state index >= 15 is 0 Å². The monoisotopic (exact) mass is 366 g/mol. The van der Waals surface area contributed by atoms with Crippen molar-refractivity contribution in [2.24, 2.45) is 0 Å². The van der Waals surface area contributed by atoms with E-state index < -0.39 is 0 Å². The number of amides is 1. The number of nitrogens with one attached hydrogen (secondary N) is 2. The van der Waals surface area contributed by atoms with E-state index in [-0.39, 0.29) is 16.9 Å². The van der Waals surface area contributed by atoms with Gasteiger partial charge in [0, 0.05) is 35.5 Å². The molecule has 0 saturated carbocycles. The van der Waals surface area contributed by atoms with Gasteiger partial charge in [-0.05, 0) is 23.6 Å². The smallest absolute Gasteiger partial charge is 0.255 e. The Morgan fingerprint density at radius 2 is 2.07 bits per heavy atom. The molecule has 0 spiro atoms. The Morgan fingerprint density at radius 3 is 2.81 bits per heavy atom. The molecule has 3 rings (SSSR count). The standard InChI is InChI=1S/C20H22N4O3/c1-20(2,3)19-23-16(24-27-19)10-11-21-17(25)9-8-14-12-13-6-4-5-7-15(13)22-18(14)26/h4-9,12H,10-11H2,1-3H3,(H,21,25)(H,22,26)/b9-8+. The first-order chi connectivity index (χ1) is 12.8. The van der Waals surface area contributed by atoms with Gasteiger partial charge >= 0.3 is 0 Å². The molecule has 2 N–H and O–H groups in total. The molecule has 2 aromatic heterocycles. The average molecular weight is 366 g/mol. The summed E-state index contributed by atoms with van der Waals surface area (Å²) in [6.45, 7) is 6.35. The molecule has 0 atom stereocenters. The van der Waals surface area contributed by atoms with Gasteiger partial charge in [0.25, 0.3) is 5.56 Å². The molecule has 0 fully saturated rings. The van der Waals surface area contributed by atoms with E-state index in [2.05, 4.69) is 20.4 Å². The maximum absolute atomic E-state index is 12.1. The number of aromatic nitrogens is 3. The second-order valence-corrected chi connectivity index (χ2v) is 7.28. The van der Waals surface area contributed by atoms with E-state index in [4.69, 9.17) is 4.52 Å². The summed E-state index contributed by atoms with van der Waals surface area (Å²) in [4.78, 5) is 31.1. The molecule has 0 unspecified atom stereocenters. The molecule has 0 radical (unpaired) electrons. The van der Waals surface area contributed by atoms with Gasteiger partial charge in [0.2, 0.25) is 11.8 Å². The van der Waals surface area contributed by atoms with Gasteiger partial charge in [0.05, 0.1) is 0 Å². The first-order valence-corrected chi connectivity index (χ1v) is 8.74. The molecular formula is C20H22N4O3. The minimum Gasteiger partial charge on any atom is -0.352 e. The minimum absolute atomic E-state index is 0.204. The van der Waals surface area contributed by atoms with E-state index in [1.54, 1.807) is 6.07 Å². The van der Waals surface area contributed by atoms with Gasteiger partial charge in [-0.25, -0.2) is 0 Å². The fraction of sp³-hybridized carbons (Fsp3) is 0.300. The number of carbonyl (C=O) groups excluding carboxylic acids is 1. The van der Waals surface area contributed by atoms with Crippen molar-refractivity contribution < 1.29 is 9.32 Å². The molecule has 2 heterocycles. The molecule has 27 heavy (non-hydrogen) atoms. The Morgan fingerprint density at radius 1 is 1.30 bits per heavy atom. The van der Waals surface area contributed by atoms with Crippen molar-refractivity contribution in [3.05, 3.63) is 64.0 Å². The van der Waals surface area contributed by atoms with Crippen molar-refractivity contribution in [3.63, 3.8) is 0 Å². The molecule has 140 valence electrons. The van der Waals surface area contributed by atoms with Gasteiger partial charge in [0.15, 0.2) is 5.82 Å². The number of carbonyl (C=O) groups is 1. The molecule has 7 nitrogen and oxygen atoms in total. The number of hydrogen-bond acceptors (Lipinski definition) is 5. The number of rotatable bonds is 5. The van der Waals surface area contributed by atoms with Crippen LogP contribution in [0, 0.1) is 0 Å². The lowest BCUT2D eigenvalue weighted by molar-refractivity contribution is -0.116. The first kappa shape index (κ1) is 18.6. The lowest BCUT2D eigenvalue weighted by atomic mass is 9.97. The fourth-order valence-electron chi connectivity index (χ4n) is 2.47. The van der Waals surface area contributed by atoms with Gasteiger partial charge in [-0.3, -0.25) is 9.59 Å². The predicted molar refractivity (Wildman–Crippen MR) is 103 cm³/mol. The van der Waals surface area contributed by atoms with Crippen LogP contribution in [0.15, 0.2) is 45.7 Å². The summed E-state index contributed by atoms with van der Waals surface area (Å²) in [6.07, 6.45) is 3.32. The third-order valence-corrected chi connectivity index (χ3v) is 3.95. The highest BCUT2D eigenvalue weighted by atomic mass is 16.5. The molecule has 1 amide bonds. The second-order valence-electron chi connectivity index (χ2n) is 7.28. The normalized spacial score (nSPS) is 12.0. The van der Waals surface area contributed by atoms with E-state index in [1.807, 2.05) is 45.0 Å². The maximum atomic E-state index is 12.1. The molecule has 3 aromatic rings. The van der Waals surface area contributed by atoms with Crippen molar-refractivity contribution >= 4 is 22.9 Å². The number of pyridine rings is 1. The summed E-state index contributed by atoms with van der Waals surface area (Å²) in [5.74, 6) is 0.830. The van der Waals surface area contributed by atoms with Crippen LogP contribution in [0.25, 0.3) is 17.0 Å². The first-order valence-electron chi connectivity index (χ1n) is 8.74. The summed E-state index contributed by atoms with van der Waals surface area (Å²) in [5, 5.41) is 7.57. The summed E-state index contributed by atoms with van der Waals surface area (Å²) < 4.78 is 5.21. The zero-order valence-electron chi connectivity index (χ0n) is 15.6. The summed E-state index contributed by atoms with van der Waals surface area (Å²) in [7, 11) is 0. The van der Waals surface area contributed by atoms with Crippen LogP contribution in [-0.2, 0) is 16.6 Å². The highest BCUT2D eigenvalue weighted by Gasteiger charge is 2.21. The number of aromatic amines is 1. The molecule has 0 saturated heterocycles. The van der Waals surface area contributed by atoms with E-state index in [9.17, 15) is 9.59 Å². The predicted octanol–water partition coefficient (Wildman–Crippen LogP) is 2.58. The van der Waals surface area contributed by atoms with Gasteiger partial charge in [-0.1, -0.05) is 44.1 Å². The van der Waals surface area contributed by atoms with Crippen LogP contribution in [0.2, 0.25) is 0 Å². The van der Waals surface area contributed by atoms with Crippen LogP contribution < -0.4 is 10.9 Å². The van der Waals surface area contributed by atoms with Crippen LogP contribution >= 0.6 is 0 Å². The lowest BCUT2D eigenvalue weighted by Gasteiger charge is -2.10. The molecule has 0 aliphatic carbocycles. The number of benzene rings is 1. The summed E-state index contributed by atoms with van der Waals surface area (Å²) in [5.41, 5.74) is 0.749. The SMILES string of the molecule is CC(C)(C)c1nc(CCNC(=O)/C=C/c2cc3ccccc3[nH]c2=O)no1. The highest BCUT2D eigenvalue weighted by Crippen LogP contribution is 2.19. The Bertz CT molecular complexity index is 1040.